The normalized spacial score (nSPS) is 17.1. The molecule has 3 heterocycles. The first-order valence-electron chi connectivity index (χ1n) is 14.3. The minimum Gasteiger partial charge on any atom is -0.325 e. The maximum absolute atomic E-state index is 13.6. The third kappa shape index (κ3) is 7.04. The van der Waals surface area contributed by atoms with Crippen molar-refractivity contribution in [1.82, 2.24) is 23.7 Å². The number of fused-ring (bicyclic) bond motifs is 1. The number of unbranched alkanes of at least 4 members (excludes halogenated alkanes) is 4. The molecule has 212 valence electrons. The summed E-state index contributed by atoms with van der Waals surface area (Å²) in [6.07, 6.45) is 9.46. The molecule has 4 rings (SSSR count). The molecule has 0 radical (unpaired) electrons. The molecule has 10 heteroatoms. The van der Waals surface area contributed by atoms with Gasteiger partial charge in [0.25, 0.3) is 0 Å². The first kappa shape index (κ1) is 29.2. The molecule has 9 nitrogen and oxygen atoms in total. The third-order valence-corrected chi connectivity index (χ3v) is 9.37. The zero-order chi connectivity index (χ0) is 27.8. The molecule has 1 aliphatic heterocycles. The number of hydrogen-bond donors (Lipinski definition) is 1. The van der Waals surface area contributed by atoms with Gasteiger partial charge in [-0.2, -0.15) is 4.31 Å². The summed E-state index contributed by atoms with van der Waals surface area (Å²) in [5.74, 6) is 0.597. The van der Waals surface area contributed by atoms with E-state index in [0.29, 0.717) is 31.7 Å². The van der Waals surface area contributed by atoms with Gasteiger partial charge in [-0.05, 0) is 56.6 Å². The molecule has 1 aromatic carbocycles. The van der Waals surface area contributed by atoms with Crippen molar-refractivity contribution in [3.05, 3.63) is 42.7 Å². The Bertz CT molecular complexity index is 1340. The number of aromatic nitrogens is 3. The Hall–Kier alpha value is -2.82. The first-order chi connectivity index (χ1) is 18.9. The van der Waals surface area contributed by atoms with Crippen LogP contribution in [-0.4, -0.2) is 76.0 Å². The summed E-state index contributed by atoms with van der Waals surface area (Å²) in [6.45, 7) is 9.25. The Morgan fingerprint density at radius 1 is 1.05 bits per heavy atom. The number of aryl methyl sites for hydroxylation is 1. The van der Waals surface area contributed by atoms with Crippen LogP contribution in [0.25, 0.3) is 22.4 Å². The molecule has 2 aromatic heterocycles. The fraction of sp³-hybridized carbons (Fsp3) is 0.552. The fourth-order valence-corrected chi connectivity index (χ4v) is 7.05. The van der Waals surface area contributed by atoms with Gasteiger partial charge < -0.3 is 9.88 Å². The topological polar surface area (TPSA) is 100 Å². The van der Waals surface area contributed by atoms with E-state index < -0.39 is 16.1 Å². The van der Waals surface area contributed by atoms with Crippen LogP contribution in [0.2, 0.25) is 0 Å². The van der Waals surface area contributed by atoms with Crippen molar-refractivity contribution in [3.8, 4) is 11.4 Å². The molecular weight excluding hydrogens is 512 g/mol. The highest BCUT2D eigenvalue weighted by Gasteiger charge is 2.39. The second-order valence-corrected chi connectivity index (χ2v) is 12.3. The largest absolute Gasteiger partial charge is 0.325 e. The van der Waals surface area contributed by atoms with Crippen LogP contribution in [0.3, 0.4) is 0 Å². The summed E-state index contributed by atoms with van der Waals surface area (Å²) in [5.41, 5.74) is 3.27. The molecule has 0 saturated carbocycles. The molecule has 1 unspecified atom stereocenters. The summed E-state index contributed by atoms with van der Waals surface area (Å²) in [5, 5.41) is 3.01. The summed E-state index contributed by atoms with van der Waals surface area (Å²) in [7, 11) is -3.53. The number of imidazole rings is 1. The monoisotopic (exact) mass is 554 g/mol. The van der Waals surface area contributed by atoms with Gasteiger partial charge in [0.15, 0.2) is 0 Å². The minimum absolute atomic E-state index is 0.0707. The molecule has 1 aliphatic rings. The van der Waals surface area contributed by atoms with Crippen molar-refractivity contribution in [2.75, 3.05) is 37.2 Å². The van der Waals surface area contributed by atoms with Crippen LogP contribution >= 0.6 is 0 Å². The predicted molar refractivity (Wildman–Crippen MR) is 157 cm³/mol. The zero-order valence-electron chi connectivity index (χ0n) is 23.5. The molecule has 39 heavy (non-hydrogen) atoms. The van der Waals surface area contributed by atoms with Crippen molar-refractivity contribution in [2.45, 2.75) is 71.9 Å². The number of nitrogens with zero attached hydrogens (tertiary/aromatic N) is 5. The third-order valence-electron chi connectivity index (χ3n) is 7.41. The summed E-state index contributed by atoms with van der Waals surface area (Å²) >= 11 is 0. The standard InChI is InChI=1S/C29H42N6O3S/c1-4-7-9-10-16-33-17-18-35(39(37,38)19-8-5-2)27(22-33)29(36)31-24-13-14-26-25(20-24)32-28(34(26)6-3)23-12-11-15-30-21-23/h11-15,20-21,27H,4-10,16-19,22H2,1-3H3,(H,31,36). The van der Waals surface area contributed by atoms with Crippen LogP contribution in [-0.2, 0) is 21.4 Å². The van der Waals surface area contributed by atoms with Crippen LogP contribution in [0.15, 0.2) is 42.7 Å². The van der Waals surface area contributed by atoms with Gasteiger partial charge in [0.2, 0.25) is 15.9 Å². The lowest BCUT2D eigenvalue weighted by molar-refractivity contribution is -0.121. The van der Waals surface area contributed by atoms with Crippen LogP contribution in [0.5, 0.6) is 0 Å². The van der Waals surface area contributed by atoms with E-state index in [0.717, 1.165) is 54.8 Å². The number of amides is 1. The molecule has 0 bridgehead atoms. The number of pyridine rings is 1. The predicted octanol–water partition coefficient (Wildman–Crippen LogP) is 4.75. The maximum Gasteiger partial charge on any atom is 0.244 e. The van der Waals surface area contributed by atoms with Gasteiger partial charge in [-0.3, -0.25) is 14.7 Å². The number of piperazine rings is 1. The fourth-order valence-electron chi connectivity index (χ4n) is 5.25. The van der Waals surface area contributed by atoms with Crippen LogP contribution in [0.4, 0.5) is 5.69 Å². The second-order valence-electron chi connectivity index (χ2n) is 10.3. The van der Waals surface area contributed by atoms with Crippen molar-refractivity contribution >= 4 is 32.7 Å². The Labute approximate surface area is 232 Å². The molecule has 1 amide bonds. The Kier molecular flexibility index (Phi) is 10.1. The van der Waals surface area contributed by atoms with Gasteiger partial charge >= 0.3 is 0 Å². The van der Waals surface area contributed by atoms with E-state index in [4.69, 9.17) is 4.98 Å². The van der Waals surface area contributed by atoms with Crippen LogP contribution in [0.1, 0.15) is 59.3 Å². The number of rotatable bonds is 13. The Morgan fingerprint density at radius 3 is 2.59 bits per heavy atom. The van der Waals surface area contributed by atoms with Gasteiger partial charge in [-0.25, -0.2) is 13.4 Å². The van der Waals surface area contributed by atoms with Crippen molar-refractivity contribution < 1.29 is 13.2 Å². The molecule has 0 spiro atoms. The highest BCUT2D eigenvalue weighted by Crippen LogP contribution is 2.27. The number of sulfonamides is 1. The molecular formula is C29H42N6O3S. The van der Waals surface area contributed by atoms with E-state index in [1.165, 1.54) is 17.1 Å². The van der Waals surface area contributed by atoms with E-state index in [1.54, 1.807) is 12.4 Å². The molecule has 1 atom stereocenters. The molecule has 1 N–H and O–H groups in total. The molecule has 3 aromatic rings. The first-order valence-corrected chi connectivity index (χ1v) is 15.9. The zero-order valence-corrected chi connectivity index (χ0v) is 24.3. The summed E-state index contributed by atoms with van der Waals surface area (Å²) in [4.78, 5) is 24.9. The number of benzene rings is 1. The number of anilines is 1. The molecule has 1 saturated heterocycles. The summed E-state index contributed by atoms with van der Waals surface area (Å²) < 4.78 is 30.0. The lowest BCUT2D eigenvalue weighted by Crippen LogP contribution is -2.59. The summed E-state index contributed by atoms with van der Waals surface area (Å²) in [6, 6.07) is 8.79. The second kappa shape index (κ2) is 13.5. The van der Waals surface area contributed by atoms with Crippen LogP contribution < -0.4 is 5.32 Å². The van der Waals surface area contributed by atoms with Gasteiger partial charge in [0.1, 0.15) is 11.9 Å². The lowest BCUT2D eigenvalue weighted by atomic mass is 10.1. The SMILES string of the molecule is CCCCCCN1CCN(S(=O)(=O)CCCC)C(C(=O)Nc2ccc3c(c2)nc(-c2cccnc2)n3CC)C1. The van der Waals surface area contributed by atoms with Gasteiger partial charge in [0.05, 0.1) is 16.8 Å². The number of carbonyl (C=O) groups excluding carboxylic acids is 1. The Morgan fingerprint density at radius 2 is 1.87 bits per heavy atom. The van der Waals surface area contributed by atoms with E-state index in [2.05, 4.69) is 33.6 Å². The molecule has 1 fully saturated rings. The van der Waals surface area contributed by atoms with Crippen molar-refractivity contribution in [3.63, 3.8) is 0 Å². The van der Waals surface area contributed by atoms with Gasteiger partial charge in [-0.15, -0.1) is 0 Å². The Balaban J connectivity index is 1.56. The maximum atomic E-state index is 13.6. The van der Waals surface area contributed by atoms with Crippen molar-refractivity contribution in [1.29, 1.82) is 0 Å². The van der Waals surface area contributed by atoms with Gasteiger partial charge in [-0.1, -0.05) is 39.5 Å². The van der Waals surface area contributed by atoms with E-state index in [9.17, 15) is 13.2 Å². The highest BCUT2D eigenvalue weighted by molar-refractivity contribution is 7.89. The minimum atomic E-state index is -3.53. The molecule has 0 aliphatic carbocycles. The highest BCUT2D eigenvalue weighted by atomic mass is 32.2. The number of nitrogens with one attached hydrogen (secondary N) is 1. The quantitative estimate of drug-likeness (QED) is 0.306. The smallest absolute Gasteiger partial charge is 0.244 e. The average Bonchev–Trinajstić information content (AvgIpc) is 3.32. The van der Waals surface area contributed by atoms with Crippen molar-refractivity contribution in [2.24, 2.45) is 0 Å². The van der Waals surface area contributed by atoms with E-state index >= 15 is 0 Å². The van der Waals surface area contributed by atoms with E-state index in [-0.39, 0.29) is 11.7 Å². The lowest BCUT2D eigenvalue weighted by Gasteiger charge is -2.39. The van der Waals surface area contributed by atoms with Crippen LogP contribution in [0, 0.1) is 0 Å². The number of hydrogen-bond acceptors (Lipinski definition) is 6. The average molecular weight is 555 g/mol. The van der Waals surface area contributed by atoms with Gasteiger partial charge in [0, 0.05) is 49.8 Å². The number of carbonyl (C=O) groups is 1. The van der Waals surface area contributed by atoms with E-state index in [1.807, 2.05) is 37.3 Å².